The Kier molecular flexibility index (Phi) is 4.61. The van der Waals surface area contributed by atoms with Gasteiger partial charge in [-0.2, -0.15) is 0 Å². The zero-order valence-electron chi connectivity index (χ0n) is 10.7. The van der Waals surface area contributed by atoms with Crippen LogP contribution in [0.5, 0.6) is 0 Å². The maximum Gasteiger partial charge on any atom is 0.340 e. The highest BCUT2D eigenvalue weighted by Gasteiger charge is 2.13. The summed E-state index contributed by atoms with van der Waals surface area (Å²) in [6.07, 6.45) is 0. The Hall–Kier alpha value is -2.04. The van der Waals surface area contributed by atoms with Crippen LogP contribution in [0.1, 0.15) is 21.5 Å². The highest BCUT2D eigenvalue weighted by atomic mass is 35.5. The van der Waals surface area contributed by atoms with E-state index >= 15 is 0 Å². The summed E-state index contributed by atoms with van der Waals surface area (Å²) in [6, 6.07) is 12.0. The van der Waals surface area contributed by atoms with Gasteiger partial charge in [0.25, 0.3) is 0 Å². The molecule has 0 heterocycles. The number of nitrogen functional groups attached to an aromatic ring is 1. The van der Waals surface area contributed by atoms with Gasteiger partial charge in [0.1, 0.15) is 6.61 Å². The van der Waals surface area contributed by atoms with Crippen molar-refractivity contribution in [2.24, 2.45) is 0 Å². The third-order valence-corrected chi connectivity index (χ3v) is 3.25. The van der Waals surface area contributed by atoms with Crippen LogP contribution in [0.4, 0.5) is 5.69 Å². The number of esters is 1. The van der Waals surface area contributed by atoms with E-state index in [-0.39, 0.29) is 23.8 Å². The molecule has 0 unspecified atom stereocenters. The first kappa shape index (κ1) is 14.4. The lowest BCUT2D eigenvalue weighted by Gasteiger charge is -2.08. The lowest BCUT2D eigenvalue weighted by atomic mass is 10.1. The van der Waals surface area contributed by atoms with Crippen molar-refractivity contribution in [2.45, 2.75) is 13.2 Å². The van der Waals surface area contributed by atoms with Crippen LogP contribution in [0.3, 0.4) is 0 Å². The minimum absolute atomic E-state index is 0.0149. The molecule has 0 aromatic heterocycles. The van der Waals surface area contributed by atoms with E-state index in [1.807, 2.05) is 0 Å². The van der Waals surface area contributed by atoms with Crippen LogP contribution < -0.4 is 5.73 Å². The normalized spacial score (nSPS) is 10.3. The van der Waals surface area contributed by atoms with Gasteiger partial charge in [-0.15, -0.1) is 0 Å². The van der Waals surface area contributed by atoms with Gasteiger partial charge in [0.2, 0.25) is 0 Å². The van der Waals surface area contributed by atoms with Crippen molar-refractivity contribution in [1.82, 2.24) is 0 Å². The number of carbonyl (C=O) groups excluding carboxylic acids is 1. The van der Waals surface area contributed by atoms with Crippen LogP contribution in [0.25, 0.3) is 0 Å². The van der Waals surface area contributed by atoms with Gasteiger partial charge in [0, 0.05) is 0 Å². The van der Waals surface area contributed by atoms with Crippen molar-refractivity contribution in [1.29, 1.82) is 0 Å². The van der Waals surface area contributed by atoms with Gasteiger partial charge in [-0.1, -0.05) is 41.9 Å². The maximum atomic E-state index is 11.9. The number of anilines is 1. The molecular weight excluding hydrogens is 278 g/mol. The average Bonchev–Trinajstić information content (AvgIpc) is 2.48. The lowest BCUT2D eigenvalue weighted by Crippen LogP contribution is -2.07. The fourth-order valence-corrected chi connectivity index (χ4v) is 1.88. The number of hydrogen-bond acceptors (Lipinski definition) is 4. The molecule has 0 atom stereocenters. The largest absolute Gasteiger partial charge is 0.457 e. The third-order valence-electron chi connectivity index (χ3n) is 2.82. The van der Waals surface area contributed by atoms with Gasteiger partial charge in [0.15, 0.2) is 0 Å². The monoisotopic (exact) mass is 291 g/mol. The number of rotatable bonds is 4. The maximum absolute atomic E-state index is 11.9. The first-order valence-corrected chi connectivity index (χ1v) is 6.39. The van der Waals surface area contributed by atoms with Crippen LogP contribution in [-0.4, -0.2) is 11.1 Å². The van der Waals surface area contributed by atoms with E-state index in [9.17, 15) is 4.79 Å². The SMILES string of the molecule is Nc1cccc(C(=O)OCc2ccc(CO)cc2)c1Cl. The van der Waals surface area contributed by atoms with Crippen molar-refractivity contribution >= 4 is 23.3 Å². The summed E-state index contributed by atoms with van der Waals surface area (Å²) >= 11 is 5.96. The van der Waals surface area contributed by atoms with Gasteiger partial charge in [-0.3, -0.25) is 0 Å². The molecule has 20 heavy (non-hydrogen) atoms. The molecule has 0 aliphatic rings. The molecule has 104 valence electrons. The number of benzene rings is 2. The van der Waals surface area contributed by atoms with Crippen molar-refractivity contribution in [2.75, 3.05) is 5.73 Å². The van der Waals surface area contributed by atoms with Gasteiger partial charge in [-0.25, -0.2) is 4.79 Å². The number of nitrogens with two attached hydrogens (primary N) is 1. The molecule has 3 N–H and O–H groups in total. The van der Waals surface area contributed by atoms with Crippen molar-refractivity contribution in [3.8, 4) is 0 Å². The molecule has 0 bridgehead atoms. The molecule has 0 radical (unpaired) electrons. The Bertz CT molecular complexity index is 611. The first-order chi connectivity index (χ1) is 9.61. The van der Waals surface area contributed by atoms with Crippen LogP contribution in [0, 0.1) is 0 Å². The summed E-state index contributed by atoms with van der Waals surface area (Å²) in [7, 11) is 0. The summed E-state index contributed by atoms with van der Waals surface area (Å²) in [5, 5.41) is 9.14. The standard InChI is InChI=1S/C15H14ClNO3/c16-14-12(2-1-3-13(14)17)15(19)20-9-11-6-4-10(8-18)5-7-11/h1-7,18H,8-9,17H2. The second kappa shape index (κ2) is 6.41. The van der Waals surface area contributed by atoms with Crippen LogP contribution in [-0.2, 0) is 18.0 Å². The molecule has 0 amide bonds. The Morgan fingerprint density at radius 1 is 1.15 bits per heavy atom. The number of ether oxygens (including phenoxy) is 1. The van der Waals surface area contributed by atoms with Gasteiger partial charge < -0.3 is 15.6 Å². The Balaban J connectivity index is 2.02. The highest BCUT2D eigenvalue weighted by molar-refractivity contribution is 6.36. The van der Waals surface area contributed by atoms with E-state index in [1.54, 1.807) is 42.5 Å². The first-order valence-electron chi connectivity index (χ1n) is 6.01. The number of hydrogen-bond donors (Lipinski definition) is 2. The fraction of sp³-hybridized carbons (Fsp3) is 0.133. The molecule has 0 saturated carbocycles. The van der Waals surface area contributed by atoms with Crippen molar-refractivity contribution < 1.29 is 14.6 Å². The van der Waals surface area contributed by atoms with E-state index in [1.165, 1.54) is 0 Å². The number of carbonyl (C=O) groups is 1. The molecule has 0 spiro atoms. The van der Waals surface area contributed by atoms with Crippen LogP contribution >= 0.6 is 11.6 Å². The van der Waals surface area contributed by atoms with Gasteiger partial charge in [-0.05, 0) is 23.3 Å². The highest BCUT2D eigenvalue weighted by Crippen LogP contribution is 2.23. The third kappa shape index (κ3) is 3.29. The second-order valence-electron chi connectivity index (χ2n) is 4.26. The Morgan fingerprint density at radius 2 is 1.80 bits per heavy atom. The minimum atomic E-state index is -0.520. The quantitative estimate of drug-likeness (QED) is 0.671. The summed E-state index contributed by atoms with van der Waals surface area (Å²) in [5.74, 6) is -0.520. The van der Waals surface area contributed by atoms with Crippen molar-refractivity contribution in [3.63, 3.8) is 0 Å². The predicted molar refractivity (Wildman–Crippen MR) is 77.3 cm³/mol. The fourth-order valence-electron chi connectivity index (χ4n) is 1.68. The number of aliphatic hydroxyl groups excluding tert-OH is 1. The molecule has 0 aliphatic heterocycles. The van der Waals surface area contributed by atoms with Crippen LogP contribution in [0.2, 0.25) is 5.02 Å². The smallest absolute Gasteiger partial charge is 0.340 e. The molecular formula is C15H14ClNO3. The number of halogens is 1. The molecule has 0 aliphatic carbocycles. The molecule has 5 heteroatoms. The number of aliphatic hydroxyl groups is 1. The predicted octanol–water partition coefficient (Wildman–Crippen LogP) is 2.77. The van der Waals surface area contributed by atoms with E-state index in [0.29, 0.717) is 5.69 Å². The van der Waals surface area contributed by atoms with Gasteiger partial charge >= 0.3 is 5.97 Å². The molecule has 2 aromatic rings. The minimum Gasteiger partial charge on any atom is -0.457 e. The lowest BCUT2D eigenvalue weighted by molar-refractivity contribution is 0.0473. The molecule has 0 saturated heterocycles. The summed E-state index contributed by atoms with van der Waals surface area (Å²) in [6.45, 7) is 0.120. The molecule has 4 nitrogen and oxygen atoms in total. The Morgan fingerprint density at radius 3 is 2.45 bits per heavy atom. The second-order valence-corrected chi connectivity index (χ2v) is 4.64. The van der Waals surface area contributed by atoms with E-state index in [0.717, 1.165) is 11.1 Å². The van der Waals surface area contributed by atoms with Crippen molar-refractivity contribution in [3.05, 3.63) is 64.2 Å². The summed E-state index contributed by atoms with van der Waals surface area (Å²) in [4.78, 5) is 11.9. The molecule has 2 aromatic carbocycles. The van der Waals surface area contributed by atoms with E-state index < -0.39 is 5.97 Å². The Labute approximate surface area is 121 Å². The summed E-state index contributed by atoms with van der Waals surface area (Å²) in [5.41, 5.74) is 7.86. The zero-order chi connectivity index (χ0) is 14.5. The molecule has 2 rings (SSSR count). The van der Waals surface area contributed by atoms with E-state index in [4.69, 9.17) is 27.2 Å². The summed E-state index contributed by atoms with van der Waals surface area (Å²) < 4.78 is 5.18. The average molecular weight is 292 g/mol. The topological polar surface area (TPSA) is 72.6 Å². The zero-order valence-corrected chi connectivity index (χ0v) is 11.4. The molecule has 0 fully saturated rings. The van der Waals surface area contributed by atoms with Gasteiger partial charge in [0.05, 0.1) is 22.9 Å². The van der Waals surface area contributed by atoms with Crippen LogP contribution in [0.15, 0.2) is 42.5 Å². The van der Waals surface area contributed by atoms with E-state index in [2.05, 4.69) is 0 Å².